The summed E-state index contributed by atoms with van der Waals surface area (Å²) >= 11 is 4.98. The molecule has 0 atom stereocenters. The number of hydrogen-bond acceptors (Lipinski definition) is 3. The first-order chi connectivity index (χ1) is 9.08. The van der Waals surface area contributed by atoms with E-state index in [4.69, 9.17) is 18.0 Å². The first-order valence-electron chi connectivity index (χ1n) is 7.05. The Morgan fingerprint density at radius 2 is 2.21 bits per heavy atom. The monoisotopic (exact) mass is 277 g/mol. The molecule has 0 unspecified atom stereocenters. The second-order valence-electron chi connectivity index (χ2n) is 5.58. The van der Waals surface area contributed by atoms with Crippen LogP contribution in [0.1, 0.15) is 44.4 Å². The molecule has 0 spiro atoms. The standard InChI is InChI=1S/C15H23N3S/c1-3-15(4-2)6-8-18(11-15)10-12-5-7-17-13(9-12)14(16)19/h5,7,9H,3-4,6,8,10-11H2,1-2H3,(H2,16,19). The third-order valence-electron chi connectivity index (χ3n) is 4.50. The van der Waals surface area contributed by atoms with Gasteiger partial charge in [0.25, 0.3) is 0 Å². The Kier molecular flexibility index (Phi) is 4.53. The van der Waals surface area contributed by atoms with E-state index in [-0.39, 0.29) is 0 Å². The van der Waals surface area contributed by atoms with Crippen molar-refractivity contribution < 1.29 is 0 Å². The van der Waals surface area contributed by atoms with Crippen molar-refractivity contribution in [2.45, 2.75) is 39.7 Å². The second kappa shape index (κ2) is 5.97. The average Bonchev–Trinajstić information content (AvgIpc) is 2.83. The lowest BCUT2D eigenvalue weighted by Crippen LogP contribution is -2.26. The second-order valence-corrected chi connectivity index (χ2v) is 6.02. The minimum atomic E-state index is 0.375. The minimum Gasteiger partial charge on any atom is -0.388 e. The smallest absolute Gasteiger partial charge is 0.122 e. The van der Waals surface area contributed by atoms with E-state index in [0.717, 1.165) is 12.2 Å². The van der Waals surface area contributed by atoms with Crippen molar-refractivity contribution >= 4 is 17.2 Å². The fraction of sp³-hybridized carbons (Fsp3) is 0.600. The largest absolute Gasteiger partial charge is 0.388 e. The number of nitrogens with zero attached hydrogens (tertiary/aromatic N) is 2. The van der Waals surface area contributed by atoms with Crippen LogP contribution in [-0.4, -0.2) is 28.0 Å². The van der Waals surface area contributed by atoms with Crippen LogP contribution in [0.4, 0.5) is 0 Å². The Bertz CT molecular complexity index is 454. The molecule has 1 aromatic heterocycles. The number of pyridine rings is 1. The molecule has 0 amide bonds. The Labute approximate surface area is 121 Å². The van der Waals surface area contributed by atoms with Gasteiger partial charge < -0.3 is 5.73 Å². The van der Waals surface area contributed by atoms with Gasteiger partial charge >= 0.3 is 0 Å². The molecule has 1 aliphatic heterocycles. The first-order valence-corrected chi connectivity index (χ1v) is 7.46. The molecule has 104 valence electrons. The van der Waals surface area contributed by atoms with E-state index < -0.39 is 0 Å². The molecule has 1 aromatic rings. The topological polar surface area (TPSA) is 42.2 Å². The normalized spacial score (nSPS) is 18.6. The third-order valence-corrected chi connectivity index (χ3v) is 4.71. The maximum absolute atomic E-state index is 5.63. The van der Waals surface area contributed by atoms with Crippen molar-refractivity contribution in [3.8, 4) is 0 Å². The van der Waals surface area contributed by atoms with Gasteiger partial charge in [-0.05, 0) is 48.9 Å². The Balaban J connectivity index is 2.03. The molecule has 0 aromatic carbocycles. The van der Waals surface area contributed by atoms with Gasteiger partial charge in [-0.15, -0.1) is 0 Å². The van der Waals surface area contributed by atoms with E-state index in [0.29, 0.717) is 10.4 Å². The Morgan fingerprint density at radius 3 is 2.79 bits per heavy atom. The zero-order chi connectivity index (χ0) is 13.9. The highest BCUT2D eigenvalue weighted by Gasteiger charge is 2.34. The molecule has 1 fully saturated rings. The molecule has 0 bridgehead atoms. The van der Waals surface area contributed by atoms with Gasteiger partial charge in [0.05, 0.1) is 5.69 Å². The Morgan fingerprint density at radius 1 is 1.47 bits per heavy atom. The average molecular weight is 277 g/mol. The summed E-state index contributed by atoms with van der Waals surface area (Å²) in [7, 11) is 0. The number of hydrogen-bond donors (Lipinski definition) is 1. The van der Waals surface area contributed by atoms with E-state index in [1.54, 1.807) is 6.20 Å². The molecular formula is C15H23N3S. The van der Waals surface area contributed by atoms with Gasteiger partial charge in [-0.25, -0.2) is 0 Å². The summed E-state index contributed by atoms with van der Waals surface area (Å²) in [6.07, 6.45) is 5.66. The van der Waals surface area contributed by atoms with Gasteiger partial charge in [0, 0.05) is 19.3 Å². The van der Waals surface area contributed by atoms with Crippen LogP contribution in [0, 0.1) is 5.41 Å². The predicted molar refractivity (Wildman–Crippen MR) is 83.0 cm³/mol. The SMILES string of the molecule is CCC1(CC)CCN(Cc2ccnc(C(N)=S)c2)C1. The maximum atomic E-state index is 5.63. The molecule has 2 heterocycles. The summed E-state index contributed by atoms with van der Waals surface area (Å²) in [4.78, 5) is 7.10. The van der Waals surface area contributed by atoms with Crippen LogP contribution in [0.2, 0.25) is 0 Å². The van der Waals surface area contributed by atoms with Crippen molar-refractivity contribution in [1.29, 1.82) is 0 Å². The summed E-state index contributed by atoms with van der Waals surface area (Å²) in [6.45, 7) is 7.98. The van der Waals surface area contributed by atoms with Crippen LogP contribution in [0.5, 0.6) is 0 Å². The van der Waals surface area contributed by atoms with E-state index in [1.165, 1.54) is 37.9 Å². The number of aromatic nitrogens is 1. The van der Waals surface area contributed by atoms with E-state index in [1.807, 2.05) is 6.07 Å². The van der Waals surface area contributed by atoms with E-state index in [9.17, 15) is 0 Å². The molecule has 0 aliphatic carbocycles. The van der Waals surface area contributed by atoms with Crippen LogP contribution in [0.15, 0.2) is 18.3 Å². The number of rotatable bonds is 5. The molecule has 4 heteroatoms. The van der Waals surface area contributed by atoms with Crippen LogP contribution < -0.4 is 5.73 Å². The van der Waals surface area contributed by atoms with Crippen molar-refractivity contribution in [3.63, 3.8) is 0 Å². The summed E-state index contributed by atoms with van der Waals surface area (Å²) in [5.41, 5.74) is 8.14. The fourth-order valence-electron chi connectivity index (χ4n) is 2.96. The molecule has 0 radical (unpaired) electrons. The molecule has 2 rings (SSSR count). The summed E-state index contributed by atoms with van der Waals surface area (Å²) < 4.78 is 0. The molecule has 19 heavy (non-hydrogen) atoms. The van der Waals surface area contributed by atoms with Gasteiger partial charge in [0.1, 0.15) is 4.99 Å². The zero-order valence-electron chi connectivity index (χ0n) is 11.9. The predicted octanol–water partition coefficient (Wildman–Crippen LogP) is 2.73. The molecule has 0 saturated carbocycles. The van der Waals surface area contributed by atoms with E-state index in [2.05, 4.69) is 29.8 Å². The van der Waals surface area contributed by atoms with Crippen LogP contribution in [0.3, 0.4) is 0 Å². The molecule has 3 nitrogen and oxygen atoms in total. The van der Waals surface area contributed by atoms with Gasteiger partial charge in [-0.3, -0.25) is 9.88 Å². The molecule has 1 saturated heterocycles. The van der Waals surface area contributed by atoms with Gasteiger partial charge in [-0.1, -0.05) is 26.1 Å². The lowest BCUT2D eigenvalue weighted by atomic mass is 9.82. The molecule has 2 N–H and O–H groups in total. The summed E-state index contributed by atoms with van der Waals surface area (Å²) in [5.74, 6) is 0. The summed E-state index contributed by atoms with van der Waals surface area (Å²) in [6, 6.07) is 4.07. The van der Waals surface area contributed by atoms with Crippen LogP contribution in [-0.2, 0) is 6.54 Å². The number of nitrogens with two attached hydrogens (primary N) is 1. The van der Waals surface area contributed by atoms with Crippen molar-refractivity contribution in [1.82, 2.24) is 9.88 Å². The minimum absolute atomic E-state index is 0.375. The highest BCUT2D eigenvalue weighted by molar-refractivity contribution is 7.80. The zero-order valence-corrected chi connectivity index (χ0v) is 12.7. The molecule has 1 aliphatic rings. The quantitative estimate of drug-likeness (QED) is 0.840. The lowest BCUT2D eigenvalue weighted by molar-refractivity contribution is 0.236. The lowest BCUT2D eigenvalue weighted by Gasteiger charge is -2.26. The maximum Gasteiger partial charge on any atom is 0.122 e. The molecular weight excluding hydrogens is 254 g/mol. The van der Waals surface area contributed by atoms with Gasteiger partial charge in [0.15, 0.2) is 0 Å². The van der Waals surface area contributed by atoms with Crippen molar-refractivity contribution in [2.24, 2.45) is 11.1 Å². The Hall–Kier alpha value is -1.00. The van der Waals surface area contributed by atoms with Crippen molar-refractivity contribution in [2.75, 3.05) is 13.1 Å². The highest BCUT2D eigenvalue weighted by atomic mass is 32.1. The van der Waals surface area contributed by atoms with Crippen LogP contribution >= 0.6 is 12.2 Å². The van der Waals surface area contributed by atoms with Gasteiger partial charge in [0.2, 0.25) is 0 Å². The summed E-state index contributed by atoms with van der Waals surface area (Å²) in [5, 5.41) is 0. The number of thiocarbonyl (C=S) groups is 1. The van der Waals surface area contributed by atoms with E-state index >= 15 is 0 Å². The van der Waals surface area contributed by atoms with Crippen LogP contribution in [0.25, 0.3) is 0 Å². The van der Waals surface area contributed by atoms with Gasteiger partial charge in [-0.2, -0.15) is 0 Å². The highest BCUT2D eigenvalue weighted by Crippen LogP contribution is 2.37. The first kappa shape index (κ1) is 14.4. The third kappa shape index (κ3) is 3.31. The number of likely N-dealkylation sites (tertiary alicyclic amines) is 1. The fourth-order valence-corrected chi connectivity index (χ4v) is 3.07. The van der Waals surface area contributed by atoms with Crippen molar-refractivity contribution in [3.05, 3.63) is 29.6 Å².